The van der Waals surface area contributed by atoms with E-state index in [9.17, 15) is 4.79 Å². The molecule has 2 atom stereocenters. The number of carbonyl (C=O) groups is 1. The van der Waals surface area contributed by atoms with Gasteiger partial charge in [0, 0.05) is 13.1 Å². The van der Waals surface area contributed by atoms with Gasteiger partial charge in [-0.25, -0.2) is 0 Å². The molecule has 1 amide bonds. The molecule has 1 heterocycles. The summed E-state index contributed by atoms with van der Waals surface area (Å²) in [6, 6.07) is 7.29. The van der Waals surface area contributed by atoms with E-state index in [1.54, 1.807) is 24.1 Å². The molecule has 2 unspecified atom stereocenters. The highest BCUT2D eigenvalue weighted by atomic mass is 16.5. The summed E-state index contributed by atoms with van der Waals surface area (Å²) in [4.78, 5) is 14.4. The third-order valence-electron chi connectivity index (χ3n) is 3.37. The summed E-state index contributed by atoms with van der Waals surface area (Å²) in [6.45, 7) is 3.43. The summed E-state index contributed by atoms with van der Waals surface area (Å²) in [5.74, 6) is 0.558. The van der Waals surface area contributed by atoms with Gasteiger partial charge in [-0.1, -0.05) is 12.1 Å². The Kier molecular flexibility index (Phi) is 4.39. The average molecular weight is 264 g/mol. The lowest BCUT2D eigenvalue weighted by atomic mass is 10.1. The maximum Gasteiger partial charge on any atom is 0.258 e. The van der Waals surface area contributed by atoms with Gasteiger partial charge < -0.3 is 20.1 Å². The average Bonchev–Trinajstić information content (AvgIpc) is 2.47. The summed E-state index contributed by atoms with van der Waals surface area (Å²) in [7, 11) is 1.57. The highest BCUT2D eigenvalue weighted by Gasteiger charge is 2.30. The third-order valence-corrected chi connectivity index (χ3v) is 3.37. The third kappa shape index (κ3) is 2.88. The van der Waals surface area contributed by atoms with Gasteiger partial charge in [0.1, 0.15) is 5.75 Å². The largest absolute Gasteiger partial charge is 0.496 e. The normalized spacial score (nSPS) is 23.2. The Morgan fingerprint density at radius 3 is 2.95 bits per heavy atom. The molecule has 1 aliphatic heterocycles. The van der Waals surface area contributed by atoms with Gasteiger partial charge in [-0.2, -0.15) is 0 Å². The lowest BCUT2D eigenvalue weighted by Crippen LogP contribution is -2.52. The Bertz CT molecular complexity index is 450. The van der Waals surface area contributed by atoms with Crippen molar-refractivity contribution in [3.05, 3.63) is 29.8 Å². The fraction of sp³-hybridized carbons (Fsp3) is 0.500. The van der Waals surface area contributed by atoms with E-state index in [4.69, 9.17) is 15.2 Å². The summed E-state index contributed by atoms with van der Waals surface area (Å²) in [6.07, 6.45) is -0.0881. The maximum atomic E-state index is 12.6. The zero-order valence-corrected chi connectivity index (χ0v) is 11.3. The van der Waals surface area contributed by atoms with Crippen molar-refractivity contribution in [2.45, 2.75) is 19.1 Å². The molecule has 1 aliphatic rings. The molecule has 104 valence electrons. The summed E-state index contributed by atoms with van der Waals surface area (Å²) < 4.78 is 10.8. The molecule has 1 aromatic carbocycles. The van der Waals surface area contributed by atoms with Crippen LogP contribution in [0.15, 0.2) is 24.3 Å². The van der Waals surface area contributed by atoms with Gasteiger partial charge in [0.2, 0.25) is 0 Å². The van der Waals surface area contributed by atoms with E-state index < -0.39 is 0 Å². The number of hydrogen-bond acceptors (Lipinski definition) is 4. The first-order valence-electron chi connectivity index (χ1n) is 6.43. The number of nitrogens with zero attached hydrogens (tertiary/aromatic N) is 1. The van der Waals surface area contributed by atoms with Crippen LogP contribution in [0.5, 0.6) is 5.75 Å². The fourth-order valence-corrected chi connectivity index (χ4v) is 2.22. The minimum Gasteiger partial charge on any atom is -0.496 e. The summed E-state index contributed by atoms with van der Waals surface area (Å²) in [5, 5.41) is 0. The van der Waals surface area contributed by atoms with Crippen LogP contribution in [-0.2, 0) is 4.74 Å². The SMILES string of the molecule is COc1ccccc1C(=O)N1CC(CN)OCC1C. The second-order valence-corrected chi connectivity index (χ2v) is 4.70. The Morgan fingerprint density at radius 1 is 1.53 bits per heavy atom. The van der Waals surface area contributed by atoms with Crippen molar-refractivity contribution in [3.63, 3.8) is 0 Å². The molecule has 2 rings (SSSR count). The molecular weight excluding hydrogens is 244 g/mol. The van der Waals surface area contributed by atoms with Crippen LogP contribution in [0, 0.1) is 0 Å². The first-order valence-corrected chi connectivity index (χ1v) is 6.43. The number of rotatable bonds is 3. The highest BCUT2D eigenvalue weighted by Crippen LogP contribution is 2.22. The van der Waals surface area contributed by atoms with Gasteiger partial charge in [-0.3, -0.25) is 4.79 Å². The van der Waals surface area contributed by atoms with Crippen LogP contribution in [0.1, 0.15) is 17.3 Å². The quantitative estimate of drug-likeness (QED) is 0.880. The number of nitrogens with two attached hydrogens (primary N) is 1. The first kappa shape index (κ1) is 13.8. The van der Waals surface area contributed by atoms with Gasteiger partial charge >= 0.3 is 0 Å². The Hall–Kier alpha value is -1.59. The van der Waals surface area contributed by atoms with E-state index in [2.05, 4.69) is 0 Å². The van der Waals surface area contributed by atoms with Crippen LogP contribution in [0.3, 0.4) is 0 Å². The van der Waals surface area contributed by atoms with E-state index in [1.807, 2.05) is 19.1 Å². The van der Waals surface area contributed by atoms with Crippen molar-refractivity contribution in [2.75, 3.05) is 26.8 Å². The van der Waals surface area contributed by atoms with Gasteiger partial charge in [-0.15, -0.1) is 0 Å². The molecule has 0 bridgehead atoms. The Labute approximate surface area is 113 Å². The number of carbonyl (C=O) groups excluding carboxylic acids is 1. The molecule has 0 radical (unpaired) electrons. The predicted molar refractivity (Wildman–Crippen MR) is 72.3 cm³/mol. The van der Waals surface area contributed by atoms with Crippen LogP contribution in [0.25, 0.3) is 0 Å². The van der Waals surface area contributed by atoms with Crippen LogP contribution in [0.4, 0.5) is 0 Å². The molecule has 1 fully saturated rings. The van der Waals surface area contributed by atoms with Gasteiger partial charge in [-0.05, 0) is 19.1 Å². The molecule has 1 saturated heterocycles. The smallest absolute Gasteiger partial charge is 0.258 e. The van der Waals surface area contributed by atoms with Gasteiger partial charge in [0.05, 0.1) is 31.4 Å². The number of hydrogen-bond donors (Lipinski definition) is 1. The second kappa shape index (κ2) is 6.04. The van der Waals surface area contributed by atoms with Gasteiger partial charge in [0.25, 0.3) is 5.91 Å². The molecule has 0 aromatic heterocycles. The Balaban J connectivity index is 2.22. The highest BCUT2D eigenvalue weighted by molar-refractivity contribution is 5.97. The van der Waals surface area contributed by atoms with Crippen LogP contribution >= 0.6 is 0 Å². The standard InChI is InChI=1S/C14H20N2O3/c1-10-9-19-11(7-15)8-16(10)14(17)12-5-3-4-6-13(12)18-2/h3-6,10-11H,7-9,15H2,1-2H3. The zero-order valence-electron chi connectivity index (χ0n) is 11.3. The molecule has 0 aliphatic carbocycles. The van der Waals surface area contributed by atoms with Crippen LogP contribution < -0.4 is 10.5 Å². The van der Waals surface area contributed by atoms with E-state index in [0.717, 1.165) is 0 Å². The van der Waals surface area contributed by atoms with Crippen molar-refractivity contribution >= 4 is 5.91 Å². The zero-order chi connectivity index (χ0) is 13.8. The number of ether oxygens (including phenoxy) is 2. The minimum absolute atomic E-state index is 0.0355. The van der Waals surface area contributed by atoms with Crippen molar-refractivity contribution in [1.82, 2.24) is 4.90 Å². The summed E-state index contributed by atoms with van der Waals surface area (Å²) in [5.41, 5.74) is 6.20. The molecule has 2 N–H and O–H groups in total. The van der Waals surface area contributed by atoms with Crippen molar-refractivity contribution < 1.29 is 14.3 Å². The molecule has 5 nitrogen and oxygen atoms in total. The minimum atomic E-state index is -0.0881. The molecule has 0 spiro atoms. The predicted octanol–water partition coefficient (Wildman–Crippen LogP) is 0.883. The van der Waals surface area contributed by atoms with Crippen molar-refractivity contribution in [2.24, 2.45) is 5.73 Å². The van der Waals surface area contributed by atoms with Crippen molar-refractivity contribution in [1.29, 1.82) is 0 Å². The van der Waals surface area contributed by atoms with Gasteiger partial charge in [0.15, 0.2) is 0 Å². The Morgan fingerprint density at radius 2 is 2.26 bits per heavy atom. The molecule has 0 saturated carbocycles. The fourth-order valence-electron chi connectivity index (χ4n) is 2.22. The van der Waals surface area contributed by atoms with Crippen molar-refractivity contribution in [3.8, 4) is 5.75 Å². The summed E-state index contributed by atoms with van der Waals surface area (Å²) >= 11 is 0. The second-order valence-electron chi connectivity index (χ2n) is 4.70. The monoisotopic (exact) mass is 264 g/mol. The van der Waals surface area contributed by atoms with E-state index in [1.165, 1.54) is 0 Å². The van der Waals surface area contributed by atoms with Crippen LogP contribution in [-0.4, -0.2) is 49.8 Å². The lowest BCUT2D eigenvalue weighted by molar-refractivity contribution is -0.0426. The van der Waals surface area contributed by atoms with E-state index in [0.29, 0.717) is 31.0 Å². The van der Waals surface area contributed by atoms with E-state index in [-0.39, 0.29) is 18.1 Å². The molecular formula is C14H20N2O3. The topological polar surface area (TPSA) is 64.8 Å². The first-order chi connectivity index (χ1) is 9.17. The maximum absolute atomic E-state index is 12.6. The lowest BCUT2D eigenvalue weighted by Gasteiger charge is -2.37. The number of morpholine rings is 1. The number of para-hydroxylation sites is 1. The number of amides is 1. The molecule has 5 heteroatoms. The number of methoxy groups -OCH3 is 1. The molecule has 1 aromatic rings. The number of benzene rings is 1. The molecule has 19 heavy (non-hydrogen) atoms. The van der Waals surface area contributed by atoms with E-state index >= 15 is 0 Å². The van der Waals surface area contributed by atoms with Crippen LogP contribution in [0.2, 0.25) is 0 Å².